The Labute approximate surface area is 129 Å². The summed E-state index contributed by atoms with van der Waals surface area (Å²) in [5, 5.41) is 0. The molecule has 0 unspecified atom stereocenters. The summed E-state index contributed by atoms with van der Waals surface area (Å²) in [6, 6.07) is 0. The van der Waals surface area contributed by atoms with Crippen molar-refractivity contribution in [2.75, 3.05) is 6.61 Å². The van der Waals surface area contributed by atoms with Gasteiger partial charge in [0.15, 0.2) is 0 Å². The van der Waals surface area contributed by atoms with E-state index in [1.54, 1.807) is 0 Å². The Bertz CT molecular complexity index is 651. The van der Waals surface area contributed by atoms with E-state index in [4.69, 9.17) is 14.2 Å². The Kier molecular flexibility index (Phi) is 2.14. The van der Waals surface area contributed by atoms with Crippen LogP contribution < -0.4 is 0 Å². The van der Waals surface area contributed by atoms with E-state index in [1.807, 2.05) is 6.92 Å². The number of rotatable bonds is 2. The summed E-state index contributed by atoms with van der Waals surface area (Å²) in [6.07, 6.45) is 2.01. The number of hydrogen-bond acceptors (Lipinski definition) is 5. The second-order valence-corrected chi connectivity index (χ2v) is 7.81. The SMILES string of the molecule is CC(=O)OC[C@@H]1[C@H]2C[C@H]2[C@]2(C)[C@@H]3O[C@]34OC(=O)C(C)=C4C[C@@H]12. The molecule has 0 aromatic heterocycles. The van der Waals surface area contributed by atoms with Crippen molar-refractivity contribution < 1.29 is 23.8 Å². The molecule has 22 heavy (non-hydrogen) atoms. The Morgan fingerprint density at radius 1 is 1.41 bits per heavy atom. The third-order valence-corrected chi connectivity index (χ3v) is 6.98. The molecule has 0 amide bonds. The van der Waals surface area contributed by atoms with Crippen LogP contribution in [-0.2, 0) is 23.8 Å². The average Bonchev–Trinajstić information content (AvgIpc) is 3.32. The number of hydrogen-bond donors (Lipinski definition) is 0. The summed E-state index contributed by atoms with van der Waals surface area (Å²) in [4.78, 5) is 23.1. The fourth-order valence-electron chi connectivity index (χ4n) is 5.81. The monoisotopic (exact) mass is 304 g/mol. The molecule has 5 rings (SSSR count). The van der Waals surface area contributed by atoms with Crippen molar-refractivity contribution in [1.82, 2.24) is 0 Å². The molecule has 0 aromatic carbocycles. The summed E-state index contributed by atoms with van der Waals surface area (Å²) in [5.41, 5.74) is 1.81. The van der Waals surface area contributed by atoms with E-state index in [1.165, 1.54) is 13.3 Å². The van der Waals surface area contributed by atoms with Gasteiger partial charge in [0.25, 0.3) is 5.79 Å². The van der Waals surface area contributed by atoms with Gasteiger partial charge in [-0.3, -0.25) is 4.79 Å². The largest absolute Gasteiger partial charge is 0.466 e. The van der Waals surface area contributed by atoms with Gasteiger partial charge in [-0.1, -0.05) is 6.92 Å². The van der Waals surface area contributed by atoms with Gasteiger partial charge in [-0.05, 0) is 43.4 Å². The number of fused-ring (bicyclic) bond motifs is 4. The highest BCUT2D eigenvalue weighted by Crippen LogP contribution is 2.78. The molecule has 5 aliphatic rings. The Morgan fingerprint density at radius 3 is 2.91 bits per heavy atom. The maximum Gasteiger partial charge on any atom is 0.336 e. The maximum absolute atomic E-state index is 12.0. The van der Waals surface area contributed by atoms with Gasteiger partial charge in [-0.2, -0.15) is 0 Å². The molecule has 118 valence electrons. The first-order chi connectivity index (χ1) is 10.4. The fourth-order valence-corrected chi connectivity index (χ4v) is 5.81. The van der Waals surface area contributed by atoms with E-state index in [0.29, 0.717) is 30.3 Å². The van der Waals surface area contributed by atoms with Crippen LogP contribution in [0.1, 0.15) is 33.6 Å². The second-order valence-electron chi connectivity index (χ2n) is 7.81. The van der Waals surface area contributed by atoms with E-state index < -0.39 is 5.79 Å². The van der Waals surface area contributed by atoms with Crippen LogP contribution in [0.2, 0.25) is 0 Å². The van der Waals surface area contributed by atoms with Crippen LogP contribution in [0.15, 0.2) is 11.1 Å². The summed E-state index contributed by atoms with van der Waals surface area (Å²) in [7, 11) is 0. The topological polar surface area (TPSA) is 65.1 Å². The number of ether oxygens (including phenoxy) is 3. The van der Waals surface area contributed by atoms with Crippen LogP contribution in [-0.4, -0.2) is 30.4 Å². The molecular formula is C17H20O5. The van der Waals surface area contributed by atoms with Gasteiger partial charge in [0.1, 0.15) is 6.10 Å². The third-order valence-electron chi connectivity index (χ3n) is 6.98. The first-order valence-corrected chi connectivity index (χ1v) is 8.14. The fraction of sp³-hybridized carbons (Fsp3) is 0.765. The molecular weight excluding hydrogens is 284 g/mol. The van der Waals surface area contributed by atoms with E-state index in [0.717, 1.165) is 17.6 Å². The zero-order valence-electron chi connectivity index (χ0n) is 13.0. The van der Waals surface area contributed by atoms with Crippen molar-refractivity contribution in [3.63, 3.8) is 0 Å². The lowest BCUT2D eigenvalue weighted by atomic mass is 9.62. The highest BCUT2D eigenvalue weighted by Gasteiger charge is 2.83. The molecule has 0 radical (unpaired) electrons. The molecule has 1 spiro atoms. The minimum atomic E-state index is -0.740. The zero-order valence-corrected chi connectivity index (χ0v) is 13.0. The first-order valence-electron chi connectivity index (χ1n) is 8.14. The second kappa shape index (κ2) is 3.58. The van der Waals surface area contributed by atoms with E-state index >= 15 is 0 Å². The molecule has 5 heteroatoms. The zero-order chi connectivity index (χ0) is 15.4. The van der Waals surface area contributed by atoms with Crippen molar-refractivity contribution in [2.24, 2.45) is 29.1 Å². The molecule has 2 heterocycles. The molecule has 3 saturated carbocycles. The molecule has 2 aliphatic heterocycles. The van der Waals surface area contributed by atoms with Gasteiger partial charge in [-0.15, -0.1) is 0 Å². The third kappa shape index (κ3) is 1.27. The Hall–Kier alpha value is -1.36. The lowest BCUT2D eigenvalue weighted by Gasteiger charge is -2.40. The summed E-state index contributed by atoms with van der Waals surface area (Å²) < 4.78 is 16.9. The maximum atomic E-state index is 12.0. The van der Waals surface area contributed by atoms with Gasteiger partial charge in [0.2, 0.25) is 0 Å². The van der Waals surface area contributed by atoms with Crippen LogP contribution in [0.3, 0.4) is 0 Å². The number of carbonyl (C=O) groups excluding carboxylic acids is 2. The molecule has 4 fully saturated rings. The van der Waals surface area contributed by atoms with Gasteiger partial charge in [0.05, 0.1) is 6.61 Å². The highest BCUT2D eigenvalue weighted by atomic mass is 16.8. The van der Waals surface area contributed by atoms with Crippen molar-refractivity contribution in [1.29, 1.82) is 0 Å². The van der Waals surface area contributed by atoms with Gasteiger partial charge >= 0.3 is 11.9 Å². The molecule has 5 nitrogen and oxygen atoms in total. The first kappa shape index (κ1) is 13.1. The molecule has 0 bridgehead atoms. The predicted octanol–water partition coefficient (Wildman–Crippen LogP) is 1.81. The standard InChI is InChI=1S/C17H20O5/c1-7-11-5-13-10(6-20-8(2)18)9-4-12(9)16(13,3)15-17(11,22-15)21-14(7)19/h9-10,12-13,15H,4-6H2,1-3H3/t9-,10-,12-,13+,15+,16+,17+/m1/s1. The minimum absolute atomic E-state index is 0.00696. The molecule has 3 aliphatic carbocycles. The van der Waals surface area contributed by atoms with Crippen molar-refractivity contribution in [2.45, 2.75) is 45.5 Å². The van der Waals surface area contributed by atoms with Crippen LogP contribution in [0.4, 0.5) is 0 Å². The Morgan fingerprint density at radius 2 is 2.18 bits per heavy atom. The number of carbonyl (C=O) groups is 2. The van der Waals surface area contributed by atoms with Crippen LogP contribution in [0.25, 0.3) is 0 Å². The van der Waals surface area contributed by atoms with Crippen molar-refractivity contribution >= 4 is 11.9 Å². The highest BCUT2D eigenvalue weighted by molar-refractivity contribution is 5.93. The average molecular weight is 304 g/mol. The summed E-state index contributed by atoms with van der Waals surface area (Å²) >= 11 is 0. The molecule has 1 saturated heterocycles. The molecule has 7 atom stereocenters. The van der Waals surface area contributed by atoms with Crippen LogP contribution >= 0.6 is 0 Å². The van der Waals surface area contributed by atoms with Crippen molar-refractivity contribution in [3.8, 4) is 0 Å². The quantitative estimate of drug-likeness (QED) is 0.575. The van der Waals surface area contributed by atoms with Gasteiger partial charge in [0, 0.05) is 23.5 Å². The number of epoxide rings is 1. The van der Waals surface area contributed by atoms with Crippen LogP contribution in [0.5, 0.6) is 0 Å². The van der Waals surface area contributed by atoms with Crippen molar-refractivity contribution in [3.05, 3.63) is 11.1 Å². The van der Waals surface area contributed by atoms with E-state index in [-0.39, 0.29) is 23.5 Å². The van der Waals surface area contributed by atoms with Gasteiger partial charge in [-0.25, -0.2) is 4.79 Å². The normalized spacial score (nSPS) is 53.2. The summed E-state index contributed by atoms with van der Waals surface area (Å²) in [5.74, 6) is 0.858. The lowest BCUT2D eigenvalue weighted by Crippen LogP contribution is -2.44. The summed E-state index contributed by atoms with van der Waals surface area (Å²) in [6.45, 7) is 6.08. The number of esters is 2. The lowest BCUT2D eigenvalue weighted by molar-refractivity contribution is -0.147. The Balaban J connectivity index is 1.51. The van der Waals surface area contributed by atoms with E-state index in [9.17, 15) is 9.59 Å². The van der Waals surface area contributed by atoms with E-state index in [2.05, 4.69) is 6.92 Å². The molecule has 0 N–H and O–H groups in total. The van der Waals surface area contributed by atoms with Gasteiger partial charge < -0.3 is 14.2 Å². The molecule has 0 aromatic rings. The smallest absolute Gasteiger partial charge is 0.336 e. The predicted molar refractivity (Wildman–Crippen MR) is 74.3 cm³/mol. The van der Waals surface area contributed by atoms with Crippen LogP contribution in [0, 0.1) is 29.1 Å². The minimum Gasteiger partial charge on any atom is -0.466 e.